The highest BCUT2D eigenvalue weighted by Crippen LogP contribution is 2.21. The number of hydrogen-bond donors (Lipinski definition) is 3. The predicted octanol–water partition coefficient (Wildman–Crippen LogP) is 1.71. The van der Waals surface area contributed by atoms with Crippen LogP contribution < -0.4 is 16.4 Å². The van der Waals surface area contributed by atoms with E-state index in [4.69, 9.17) is 5.73 Å². The molecule has 0 atom stereocenters. The molecule has 0 aliphatic heterocycles. The van der Waals surface area contributed by atoms with Gasteiger partial charge in [-0.3, -0.25) is 9.59 Å². The summed E-state index contributed by atoms with van der Waals surface area (Å²) in [6, 6.07) is 7.86. The summed E-state index contributed by atoms with van der Waals surface area (Å²) in [6.07, 6.45) is 0. The van der Waals surface area contributed by atoms with Crippen molar-refractivity contribution in [1.29, 1.82) is 0 Å². The van der Waals surface area contributed by atoms with E-state index in [-0.39, 0.29) is 28.1 Å². The molecule has 0 unspecified atom stereocenters. The number of nitrogens with zero attached hydrogens (tertiary/aromatic N) is 1. The number of anilines is 1. The van der Waals surface area contributed by atoms with Crippen molar-refractivity contribution in [2.75, 3.05) is 12.3 Å². The number of rotatable bonds is 5. The molecular weight excluding hydrogens is 300 g/mol. The number of nitrogens with one attached hydrogen (secondary N) is 2. The molecule has 2 amide bonds. The largest absolute Gasteiger partial charge is 0.395 e. The highest BCUT2D eigenvalue weighted by atomic mass is 32.1. The first-order valence-corrected chi connectivity index (χ1v) is 7.67. The van der Waals surface area contributed by atoms with Crippen molar-refractivity contribution in [3.05, 3.63) is 46.0 Å². The minimum absolute atomic E-state index is 0.104. The lowest BCUT2D eigenvalue weighted by Gasteiger charge is -2.05. The Balaban J connectivity index is 2.04. The van der Waals surface area contributed by atoms with Gasteiger partial charge in [0.2, 0.25) is 0 Å². The summed E-state index contributed by atoms with van der Waals surface area (Å²) in [5.74, 6) is -0.694. The Morgan fingerprint density at radius 2 is 1.86 bits per heavy atom. The Kier molecular flexibility index (Phi) is 5.11. The monoisotopic (exact) mass is 318 g/mol. The lowest BCUT2D eigenvalue weighted by atomic mass is 10.1. The summed E-state index contributed by atoms with van der Waals surface area (Å²) < 4.78 is 3.97. The van der Waals surface area contributed by atoms with Crippen LogP contribution in [0.25, 0.3) is 0 Å². The number of carbonyl (C=O) groups is 2. The van der Waals surface area contributed by atoms with Crippen LogP contribution in [0.4, 0.5) is 5.69 Å². The molecule has 1 aromatic heterocycles. The number of nitrogens with two attached hydrogens (primary N) is 1. The van der Waals surface area contributed by atoms with Crippen molar-refractivity contribution in [2.24, 2.45) is 0 Å². The standard InChI is InChI=1S/C15H18N4O2S/c1-3-17-14(20)12-11(16)13(22-19-12)15(21)18-8-10-6-4-9(2)5-7-10/h4-7H,3,8,16H2,1-2H3,(H,17,20)(H,18,21). The molecule has 0 aliphatic carbocycles. The molecule has 0 radical (unpaired) electrons. The molecule has 1 aromatic carbocycles. The maximum Gasteiger partial charge on any atom is 0.273 e. The minimum Gasteiger partial charge on any atom is -0.395 e. The molecule has 7 heteroatoms. The summed E-state index contributed by atoms with van der Waals surface area (Å²) in [5.41, 5.74) is 8.23. The van der Waals surface area contributed by atoms with Crippen LogP contribution in [0.1, 0.15) is 38.2 Å². The van der Waals surface area contributed by atoms with Crippen LogP contribution >= 0.6 is 11.5 Å². The fraction of sp³-hybridized carbons (Fsp3) is 0.267. The van der Waals surface area contributed by atoms with E-state index in [1.54, 1.807) is 6.92 Å². The zero-order valence-corrected chi connectivity index (χ0v) is 13.3. The van der Waals surface area contributed by atoms with Gasteiger partial charge in [-0.2, -0.15) is 4.37 Å². The SMILES string of the molecule is CCNC(=O)c1nsc(C(=O)NCc2ccc(C)cc2)c1N. The van der Waals surface area contributed by atoms with Crippen molar-refractivity contribution in [1.82, 2.24) is 15.0 Å². The van der Waals surface area contributed by atoms with Crippen LogP contribution in [0.2, 0.25) is 0 Å². The molecule has 2 rings (SSSR count). The Morgan fingerprint density at radius 3 is 2.50 bits per heavy atom. The number of benzene rings is 1. The van der Waals surface area contributed by atoms with E-state index in [1.807, 2.05) is 31.2 Å². The molecule has 1 heterocycles. The van der Waals surface area contributed by atoms with Gasteiger partial charge in [-0.25, -0.2) is 0 Å². The fourth-order valence-corrected chi connectivity index (χ4v) is 2.55. The number of aryl methyl sites for hydroxylation is 1. The van der Waals surface area contributed by atoms with E-state index >= 15 is 0 Å². The molecule has 4 N–H and O–H groups in total. The second-order valence-electron chi connectivity index (χ2n) is 4.80. The molecule has 116 valence electrons. The van der Waals surface area contributed by atoms with Gasteiger partial charge in [0.05, 0.1) is 5.69 Å². The third kappa shape index (κ3) is 3.62. The van der Waals surface area contributed by atoms with E-state index < -0.39 is 0 Å². The third-order valence-corrected chi connectivity index (χ3v) is 3.92. The highest BCUT2D eigenvalue weighted by molar-refractivity contribution is 7.09. The van der Waals surface area contributed by atoms with Crippen LogP contribution in [-0.2, 0) is 6.54 Å². The van der Waals surface area contributed by atoms with Gasteiger partial charge in [-0.05, 0) is 30.9 Å². The number of carbonyl (C=O) groups excluding carboxylic acids is 2. The first-order valence-electron chi connectivity index (χ1n) is 6.90. The molecule has 0 bridgehead atoms. The first kappa shape index (κ1) is 16.0. The highest BCUT2D eigenvalue weighted by Gasteiger charge is 2.21. The van der Waals surface area contributed by atoms with Crippen molar-refractivity contribution >= 4 is 29.0 Å². The lowest BCUT2D eigenvalue weighted by Crippen LogP contribution is -2.25. The predicted molar refractivity (Wildman–Crippen MR) is 86.9 cm³/mol. The van der Waals surface area contributed by atoms with Gasteiger partial charge in [0.15, 0.2) is 5.69 Å². The Bertz CT molecular complexity index is 679. The van der Waals surface area contributed by atoms with Gasteiger partial charge in [0.1, 0.15) is 4.88 Å². The topological polar surface area (TPSA) is 97.1 Å². The molecule has 0 spiro atoms. The maximum absolute atomic E-state index is 12.1. The van der Waals surface area contributed by atoms with E-state index in [9.17, 15) is 9.59 Å². The summed E-state index contributed by atoms with van der Waals surface area (Å²) in [4.78, 5) is 24.1. The number of hydrogen-bond acceptors (Lipinski definition) is 5. The average Bonchev–Trinajstić information content (AvgIpc) is 2.88. The zero-order chi connectivity index (χ0) is 16.1. The van der Waals surface area contributed by atoms with Crippen molar-refractivity contribution < 1.29 is 9.59 Å². The fourth-order valence-electron chi connectivity index (χ4n) is 1.84. The van der Waals surface area contributed by atoms with E-state index in [0.717, 1.165) is 22.7 Å². The van der Waals surface area contributed by atoms with E-state index in [1.165, 1.54) is 0 Å². The smallest absolute Gasteiger partial charge is 0.273 e. The molecule has 0 saturated heterocycles. The first-order chi connectivity index (χ1) is 10.5. The van der Waals surface area contributed by atoms with E-state index in [0.29, 0.717) is 13.1 Å². The van der Waals surface area contributed by atoms with Gasteiger partial charge >= 0.3 is 0 Å². The van der Waals surface area contributed by atoms with Crippen LogP contribution in [0.3, 0.4) is 0 Å². The normalized spacial score (nSPS) is 10.3. The molecular formula is C15H18N4O2S. The maximum atomic E-state index is 12.1. The van der Waals surface area contributed by atoms with Gasteiger partial charge in [-0.1, -0.05) is 29.8 Å². The zero-order valence-electron chi connectivity index (χ0n) is 12.5. The second kappa shape index (κ2) is 7.04. The van der Waals surface area contributed by atoms with Gasteiger partial charge in [0, 0.05) is 13.1 Å². The molecule has 6 nitrogen and oxygen atoms in total. The Hall–Kier alpha value is -2.41. The summed E-state index contributed by atoms with van der Waals surface area (Å²) in [7, 11) is 0. The van der Waals surface area contributed by atoms with E-state index in [2.05, 4.69) is 15.0 Å². The van der Waals surface area contributed by atoms with Gasteiger partial charge in [-0.15, -0.1) is 0 Å². The summed E-state index contributed by atoms with van der Waals surface area (Å²) in [6.45, 7) is 4.68. The Morgan fingerprint density at radius 1 is 1.18 bits per heavy atom. The second-order valence-corrected chi connectivity index (χ2v) is 5.58. The van der Waals surface area contributed by atoms with Crippen molar-refractivity contribution in [3.8, 4) is 0 Å². The van der Waals surface area contributed by atoms with Crippen LogP contribution in [0.15, 0.2) is 24.3 Å². The van der Waals surface area contributed by atoms with Crippen LogP contribution in [0.5, 0.6) is 0 Å². The molecule has 22 heavy (non-hydrogen) atoms. The van der Waals surface area contributed by atoms with Gasteiger partial charge in [0.25, 0.3) is 11.8 Å². The minimum atomic E-state index is -0.367. The number of aromatic nitrogens is 1. The molecule has 0 aliphatic rings. The molecule has 2 aromatic rings. The van der Waals surface area contributed by atoms with Crippen LogP contribution in [0, 0.1) is 6.92 Å². The summed E-state index contributed by atoms with van der Waals surface area (Å²) in [5, 5.41) is 5.39. The third-order valence-electron chi connectivity index (χ3n) is 3.06. The number of amides is 2. The quantitative estimate of drug-likeness (QED) is 0.782. The average molecular weight is 318 g/mol. The van der Waals surface area contributed by atoms with Crippen LogP contribution in [-0.4, -0.2) is 22.7 Å². The summed E-state index contributed by atoms with van der Waals surface area (Å²) >= 11 is 0.928. The van der Waals surface area contributed by atoms with Crippen molar-refractivity contribution in [2.45, 2.75) is 20.4 Å². The van der Waals surface area contributed by atoms with Crippen molar-refractivity contribution in [3.63, 3.8) is 0 Å². The number of nitrogen functional groups attached to an aromatic ring is 1. The lowest BCUT2D eigenvalue weighted by molar-refractivity contribution is 0.0950. The van der Waals surface area contributed by atoms with Gasteiger partial charge < -0.3 is 16.4 Å². The molecule has 0 fully saturated rings. The Labute approximate surface area is 132 Å². The molecule has 0 saturated carbocycles.